The van der Waals surface area contributed by atoms with E-state index < -0.39 is 0 Å². The number of carbonyl (C=O) groups excluding carboxylic acids is 1. The van der Waals surface area contributed by atoms with E-state index in [2.05, 4.69) is 20.8 Å². The van der Waals surface area contributed by atoms with Crippen molar-refractivity contribution in [1.29, 1.82) is 0 Å². The summed E-state index contributed by atoms with van der Waals surface area (Å²) in [7, 11) is 0. The Bertz CT molecular complexity index is 607. The third-order valence-corrected chi connectivity index (χ3v) is 4.85. The van der Waals surface area contributed by atoms with Crippen LogP contribution < -0.4 is 5.32 Å². The quantitative estimate of drug-likeness (QED) is 0.821. The number of furan rings is 1. The molecule has 7 nitrogen and oxygen atoms in total. The third kappa shape index (κ3) is 3.49. The summed E-state index contributed by atoms with van der Waals surface area (Å²) >= 11 is 1.39. The fourth-order valence-corrected chi connectivity index (χ4v) is 3.47. The lowest BCUT2D eigenvalue weighted by atomic mass is 10.3. The number of tetrazole rings is 1. The lowest BCUT2D eigenvalue weighted by Crippen LogP contribution is -2.30. The summed E-state index contributed by atoms with van der Waals surface area (Å²) in [6.07, 6.45) is 6.24. The Morgan fingerprint density at radius 1 is 1.55 bits per heavy atom. The average molecular weight is 321 g/mol. The molecule has 2 aromatic rings. The Balaban J connectivity index is 1.55. The van der Waals surface area contributed by atoms with Gasteiger partial charge in [0.1, 0.15) is 5.76 Å². The Morgan fingerprint density at radius 3 is 3.09 bits per heavy atom. The van der Waals surface area contributed by atoms with Crippen molar-refractivity contribution in [2.45, 2.75) is 55.6 Å². The average Bonchev–Trinajstić information content (AvgIpc) is 3.25. The SMILES string of the molecule is CC(Sc1nnnn1C1CCCC1)C(=O)NCc1ccco1. The van der Waals surface area contributed by atoms with E-state index in [1.807, 2.05) is 17.7 Å². The van der Waals surface area contributed by atoms with Gasteiger partial charge in [-0.2, -0.15) is 0 Å². The van der Waals surface area contributed by atoms with Crippen molar-refractivity contribution in [3.05, 3.63) is 24.2 Å². The largest absolute Gasteiger partial charge is 0.467 e. The first-order chi connectivity index (χ1) is 10.7. The molecule has 3 rings (SSSR count). The predicted octanol–water partition coefficient (Wildman–Crippen LogP) is 2.18. The number of rotatable bonds is 6. The molecule has 0 spiro atoms. The first-order valence-electron chi connectivity index (χ1n) is 7.48. The van der Waals surface area contributed by atoms with E-state index in [9.17, 15) is 4.79 Å². The molecule has 2 aromatic heterocycles. The van der Waals surface area contributed by atoms with Crippen LogP contribution >= 0.6 is 11.8 Å². The molecule has 0 radical (unpaired) electrons. The Labute approximate surface area is 132 Å². The molecule has 2 heterocycles. The first-order valence-corrected chi connectivity index (χ1v) is 8.36. The van der Waals surface area contributed by atoms with Gasteiger partial charge in [-0.1, -0.05) is 24.6 Å². The summed E-state index contributed by atoms with van der Waals surface area (Å²) in [6.45, 7) is 2.25. The number of aromatic nitrogens is 4. The molecule has 8 heteroatoms. The van der Waals surface area contributed by atoms with Crippen LogP contribution in [0.15, 0.2) is 28.0 Å². The summed E-state index contributed by atoms with van der Waals surface area (Å²) in [5, 5.41) is 15.2. The summed E-state index contributed by atoms with van der Waals surface area (Å²) in [5.74, 6) is 0.684. The van der Waals surface area contributed by atoms with Crippen molar-refractivity contribution in [2.75, 3.05) is 0 Å². The van der Waals surface area contributed by atoms with Gasteiger partial charge in [0.05, 0.1) is 24.1 Å². The summed E-state index contributed by atoms with van der Waals surface area (Å²) < 4.78 is 7.07. The monoisotopic (exact) mass is 321 g/mol. The minimum absolute atomic E-state index is 0.0534. The van der Waals surface area contributed by atoms with Crippen LogP contribution in [0, 0.1) is 0 Å². The third-order valence-electron chi connectivity index (χ3n) is 3.80. The van der Waals surface area contributed by atoms with Crippen molar-refractivity contribution in [3.63, 3.8) is 0 Å². The molecule has 1 aliphatic carbocycles. The highest BCUT2D eigenvalue weighted by molar-refractivity contribution is 8.00. The highest BCUT2D eigenvalue weighted by Crippen LogP contribution is 2.32. The summed E-state index contributed by atoms with van der Waals surface area (Å²) in [5.41, 5.74) is 0. The van der Waals surface area contributed by atoms with E-state index in [-0.39, 0.29) is 11.2 Å². The Hall–Kier alpha value is -1.83. The van der Waals surface area contributed by atoms with Crippen LogP contribution in [-0.2, 0) is 11.3 Å². The van der Waals surface area contributed by atoms with Gasteiger partial charge in [-0.3, -0.25) is 4.79 Å². The molecule has 0 saturated heterocycles. The van der Waals surface area contributed by atoms with E-state index in [4.69, 9.17) is 4.42 Å². The highest BCUT2D eigenvalue weighted by Gasteiger charge is 2.24. The van der Waals surface area contributed by atoms with Crippen molar-refractivity contribution >= 4 is 17.7 Å². The fraction of sp³-hybridized carbons (Fsp3) is 0.571. The van der Waals surface area contributed by atoms with Crippen molar-refractivity contribution in [3.8, 4) is 0 Å². The molecule has 0 bridgehead atoms. The van der Waals surface area contributed by atoms with Crippen molar-refractivity contribution < 1.29 is 9.21 Å². The first kappa shape index (κ1) is 15.1. The van der Waals surface area contributed by atoms with Gasteiger partial charge in [0.25, 0.3) is 0 Å². The molecule has 1 amide bonds. The van der Waals surface area contributed by atoms with Crippen LogP contribution in [0.2, 0.25) is 0 Å². The molecule has 22 heavy (non-hydrogen) atoms. The van der Waals surface area contributed by atoms with E-state index in [0.29, 0.717) is 17.7 Å². The van der Waals surface area contributed by atoms with Gasteiger partial charge in [-0.05, 0) is 42.3 Å². The number of nitrogens with zero attached hydrogens (tertiary/aromatic N) is 4. The second kappa shape index (κ2) is 6.95. The topological polar surface area (TPSA) is 85.8 Å². The molecule has 0 aromatic carbocycles. The van der Waals surface area contributed by atoms with Crippen LogP contribution in [0.25, 0.3) is 0 Å². The van der Waals surface area contributed by atoms with Gasteiger partial charge in [0.15, 0.2) is 0 Å². The van der Waals surface area contributed by atoms with Gasteiger partial charge in [0, 0.05) is 0 Å². The number of amides is 1. The standard InChI is InChI=1S/C14H19N5O2S/c1-10(13(20)15-9-12-7-4-8-21-12)22-14-16-17-18-19(14)11-5-2-3-6-11/h4,7-8,10-11H,2-3,5-6,9H2,1H3,(H,15,20). The van der Waals surface area contributed by atoms with Gasteiger partial charge in [-0.15, -0.1) is 5.10 Å². The number of thioether (sulfide) groups is 1. The number of hydrogen-bond acceptors (Lipinski definition) is 6. The Kier molecular flexibility index (Phi) is 4.77. The fourth-order valence-electron chi connectivity index (χ4n) is 2.58. The summed E-state index contributed by atoms with van der Waals surface area (Å²) in [6, 6.07) is 4.00. The normalized spacial score (nSPS) is 16.8. The maximum Gasteiger partial charge on any atom is 0.233 e. The van der Waals surface area contributed by atoms with Crippen molar-refractivity contribution in [2.24, 2.45) is 0 Å². The maximum absolute atomic E-state index is 12.1. The lowest BCUT2D eigenvalue weighted by Gasteiger charge is -2.14. The van der Waals surface area contributed by atoms with Crippen LogP contribution in [-0.4, -0.2) is 31.4 Å². The molecule has 118 valence electrons. The second-order valence-electron chi connectivity index (χ2n) is 5.40. The maximum atomic E-state index is 12.1. The van der Waals surface area contributed by atoms with Crippen LogP contribution in [0.5, 0.6) is 0 Å². The number of carbonyl (C=O) groups is 1. The molecule has 1 aliphatic rings. The van der Waals surface area contributed by atoms with E-state index in [1.54, 1.807) is 12.3 Å². The van der Waals surface area contributed by atoms with E-state index in [1.165, 1.54) is 24.6 Å². The number of nitrogens with one attached hydrogen (secondary N) is 1. The van der Waals surface area contributed by atoms with Crippen LogP contribution in [0.4, 0.5) is 0 Å². The van der Waals surface area contributed by atoms with Crippen LogP contribution in [0.3, 0.4) is 0 Å². The molecular weight excluding hydrogens is 302 g/mol. The van der Waals surface area contributed by atoms with Crippen molar-refractivity contribution in [1.82, 2.24) is 25.5 Å². The zero-order valence-corrected chi connectivity index (χ0v) is 13.3. The summed E-state index contributed by atoms with van der Waals surface area (Å²) in [4.78, 5) is 12.1. The van der Waals surface area contributed by atoms with E-state index in [0.717, 1.165) is 18.6 Å². The van der Waals surface area contributed by atoms with Gasteiger partial charge in [-0.25, -0.2) is 4.68 Å². The van der Waals surface area contributed by atoms with Gasteiger partial charge in [0.2, 0.25) is 11.1 Å². The van der Waals surface area contributed by atoms with Crippen LogP contribution in [0.1, 0.15) is 44.4 Å². The minimum atomic E-state index is -0.263. The molecule has 1 saturated carbocycles. The molecule has 0 aliphatic heterocycles. The zero-order valence-electron chi connectivity index (χ0n) is 12.4. The smallest absolute Gasteiger partial charge is 0.233 e. The van der Waals surface area contributed by atoms with Gasteiger partial charge >= 0.3 is 0 Å². The second-order valence-corrected chi connectivity index (χ2v) is 6.71. The van der Waals surface area contributed by atoms with Gasteiger partial charge < -0.3 is 9.73 Å². The lowest BCUT2D eigenvalue weighted by molar-refractivity contribution is -0.120. The minimum Gasteiger partial charge on any atom is -0.467 e. The molecule has 1 unspecified atom stereocenters. The highest BCUT2D eigenvalue weighted by atomic mass is 32.2. The zero-order chi connectivity index (χ0) is 15.4. The molecule has 1 N–H and O–H groups in total. The Morgan fingerprint density at radius 2 is 2.36 bits per heavy atom. The van der Waals surface area contributed by atoms with E-state index >= 15 is 0 Å². The molecule has 1 fully saturated rings. The number of hydrogen-bond donors (Lipinski definition) is 1. The predicted molar refractivity (Wildman–Crippen MR) is 81.2 cm³/mol. The molecular formula is C14H19N5O2S. The molecule has 1 atom stereocenters.